The van der Waals surface area contributed by atoms with Crippen LogP contribution in [0.15, 0.2) is 48.5 Å². The second-order valence-corrected chi connectivity index (χ2v) is 6.30. The highest BCUT2D eigenvalue weighted by Crippen LogP contribution is 2.18. The summed E-state index contributed by atoms with van der Waals surface area (Å²) < 4.78 is 0. The fourth-order valence-electron chi connectivity index (χ4n) is 2.84. The minimum absolute atomic E-state index is 0.0390. The number of carbonyl (C=O) groups is 2. The van der Waals surface area contributed by atoms with E-state index in [1.165, 1.54) is 6.92 Å². The molecule has 0 radical (unpaired) electrons. The Hall–Kier alpha value is -3.15. The topological polar surface area (TPSA) is 86.9 Å². The Morgan fingerprint density at radius 1 is 1.15 bits per heavy atom. The standard InChI is InChI=1S/C20H22N4O2/c1-13(15-6-5-7-16(12-15)22-14(2)25)21-20(26)11-10-19-23-17-8-3-4-9-18(17)24-19/h3-9,12-13H,10-11H2,1-2H3,(H,21,26)(H,22,25)(H,23,24). The molecular formula is C20H22N4O2. The molecule has 3 rings (SSSR count). The maximum atomic E-state index is 12.3. The number of nitrogens with zero attached hydrogens (tertiary/aromatic N) is 1. The van der Waals surface area contributed by atoms with Gasteiger partial charge in [-0.25, -0.2) is 4.98 Å². The molecule has 1 atom stereocenters. The van der Waals surface area contributed by atoms with Gasteiger partial charge in [0.1, 0.15) is 5.82 Å². The number of aryl methyl sites for hydroxylation is 1. The first-order chi connectivity index (χ1) is 12.5. The number of rotatable bonds is 6. The number of benzene rings is 2. The van der Waals surface area contributed by atoms with Gasteiger partial charge < -0.3 is 15.6 Å². The van der Waals surface area contributed by atoms with Gasteiger partial charge in [-0.15, -0.1) is 0 Å². The predicted octanol–water partition coefficient (Wildman–Crippen LogP) is 3.33. The number of nitrogens with one attached hydrogen (secondary N) is 3. The molecule has 1 unspecified atom stereocenters. The van der Waals surface area contributed by atoms with Gasteiger partial charge in [0.15, 0.2) is 0 Å². The van der Waals surface area contributed by atoms with E-state index in [9.17, 15) is 9.59 Å². The molecule has 1 aromatic heterocycles. The molecule has 3 N–H and O–H groups in total. The number of hydrogen-bond acceptors (Lipinski definition) is 3. The van der Waals surface area contributed by atoms with Gasteiger partial charge in [0.25, 0.3) is 0 Å². The van der Waals surface area contributed by atoms with Crippen LogP contribution in [-0.4, -0.2) is 21.8 Å². The highest BCUT2D eigenvalue weighted by atomic mass is 16.2. The highest BCUT2D eigenvalue weighted by molar-refractivity contribution is 5.88. The number of para-hydroxylation sites is 2. The summed E-state index contributed by atoms with van der Waals surface area (Å²) in [5, 5.41) is 5.74. The van der Waals surface area contributed by atoms with Gasteiger partial charge in [-0.2, -0.15) is 0 Å². The van der Waals surface area contributed by atoms with Crippen molar-refractivity contribution in [2.75, 3.05) is 5.32 Å². The number of hydrogen-bond donors (Lipinski definition) is 3. The number of aromatic amines is 1. The van der Waals surface area contributed by atoms with Crippen LogP contribution in [0.3, 0.4) is 0 Å². The first kappa shape index (κ1) is 17.7. The van der Waals surface area contributed by atoms with Crippen molar-refractivity contribution in [2.24, 2.45) is 0 Å². The van der Waals surface area contributed by atoms with Crippen LogP contribution in [0.4, 0.5) is 5.69 Å². The molecule has 26 heavy (non-hydrogen) atoms. The van der Waals surface area contributed by atoms with Gasteiger partial charge in [-0.05, 0) is 36.8 Å². The maximum Gasteiger partial charge on any atom is 0.221 e. The summed E-state index contributed by atoms with van der Waals surface area (Å²) in [6.07, 6.45) is 0.911. The van der Waals surface area contributed by atoms with Crippen LogP contribution in [0, 0.1) is 0 Å². The molecule has 2 amide bonds. The number of imidazole rings is 1. The van der Waals surface area contributed by atoms with E-state index in [1.54, 1.807) is 0 Å². The van der Waals surface area contributed by atoms with Crippen molar-refractivity contribution in [2.45, 2.75) is 32.7 Å². The van der Waals surface area contributed by atoms with E-state index in [1.807, 2.05) is 55.5 Å². The van der Waals surface area contributed by atoms with Crippen molar-refractivity contribution in [1.29, 1.82) is 0 Å². The summed E-state index contributed by atoms with van der Waals surface area (Å²) in [4.78, 5) is 31.1. The van der Waals surface area contributed by atoms with Crippen molar-refractivity contribution in [3.05, 3.63) is 59.9 Å². The van der Waals surface area contributed by atoms with Crippen molar-refractivity contribution in [3.63, 3.8) is 0 Å². The molecule has 2 aromatic carbocycles. The van der Waals surface area contributed by atoms with E-state index in [0.717, 1.165) is 28.1 Å². The van der Waals surface area contributed by atoms with E-state index in [-0.39, 0.29) is 17.9 Å². The second-order valence-electron chi connectivity index (χ2n) is 6.30. The molecule has 0 aliphatic heterocycles. The fraction of sp³-hybridized carbons (Fsp3) is 0.250. The van der Waals surface area contributed by atoms with Gasteiger partial charge in [0, 0.05) is 25.5 Å². The normalized spacial score (nSPS) is 11.9. The Morgan fingerprint density at radius 3 is 2.73 bits per heavy atom. The number of fused-ring (bicyclic) bond motifs is 1. The van der Waals surface area contributed by atoms with Crippen molar-refractivity contribution >= 4 is 28.5 Å². The Morgan fingerprint density at radius 2 is 1.96 bits per heavy atom. The third kappa shape index (κ3) is 4.47. The fourth-order valence-corrected chi connectivity index (χ4v) is 2.84. The third-order valence-corrected chi connectivity index (χ3v) is 4.11. The Kier molecular flexibility index (Phi) is 5.31. The molecule has 0 saturated heterocycles. The first-order valence-electron chi connectivity index (χ1n) is 8.62. The number of anilines is 1. The van der Waals surface area contributed by atoms with Crippen molar-refractivity contribution in [3.8, 4) is 0 Å². The largest absolute Gasteiger partial charge is 0.350 e. The number of carbonyl (C=O) groups excluding carboxylic acids is 2. The third-order valence-electron chi connectivity index (χ3n) is 4.11. The van der Waals surface area contributed by atoms with E-state index < -0.39 is 0 Å². The van der Waals surface area contributed by atoms with Crippen LogP contribution in [0.25, 0.3) is 11.0 Å². The molecule has 6 heteroatoms. The highest BCUT2D eigenvalue weighted by Gasteiger charge is 2.11. The minimum Gasteiger partial charge on any atom is -0.350 e. The molecule has 1 heterocycles. The summed E-state index contributed by atoms with van der Waals surface area (Å²) in [6.45, 7) is 3.39. The maximum absolute atomic E-state index is 12.3. The van der Waals surface area contributed by atoms with Crippen LogP contribution in [0.5, 0.6) is 0 Å². The van der Waals surface area contributed by atoms with Gasteiger partial charge in [0.05, 0.1) is 17.1 Å². The lowest BCUT2D eigenvalue weighted by Gasteiger charge is -2.15. The molecule has 0 aliphatic carbocycles. The molecule has 134 valence electrons. The zero-order valence-electron chi connectivity index (χ0n) is 14.9. The zero-order chi connectivity index (χ0) is 18.5. The molecule has 3 aromatic rings. The van der Waals surface area contributed by atoms with Gasteiger partial charge in [-0.1, -0.05) is 24.3 Å². The Bertz CT molecular complexity index is 899. The molecule has 0 bridgehead atoms. The van der Waals surface area contributed by atoms with Crippen LogP contribution >= 0.6 is 0 Å². The van der Waals surface area contributed by atoms with E-state index >= 15 is 0 Å². The zero-order valence-corrected chi connectivity index (χ0v) is 14.9. The Labute approximate surface area is 152 Å². The molecule has 0 spiro atoms. The summed E-state index contributed by atoms with van der Waals surface area (Å²) in [7, 11) is 0. The molecule has 6 nitrogen and oxygen atoms in total. The monoisotopic (exact) mass is 350 g/mol. The lowest BCUT2D eigenvalue weighted by Crippen LogP contribution is -2.27. The van der Waals surface area contributed by atoms with Gasteiger partial charge in [-0.3, -0.25) is 9.59 Å². The smallest absolute Gasteiger partial charge is 0.221 e. The number of H-pyrrole nitrogens is 1. The number of amides is 2. The van der Waals surface area contributed by atoms with E-state index in [2.05, 4.69) is 20.6 Å². The van der Waals surface area contributed by atoms with E-state index in [0.29, 0.717) is 12.8 Å². The summed E-state index contributed by atoms with van der Waals surface area (Å²) in [6, 6.07) is 15.1. The minimum atomic E-state index is -0.146. The Balaban J connectivity index is 1.56. The van der Waals surface area contributed by atoms with Crippen LogP contribution in [0.1, 0.15) is 37.7 Å². The molecule has 0 saturated carbocycles. The van der Waals surface area contributed by atoms with Crippen LogP contribution in [0.2, 0.25) is 0 Å². The summed E-state index contributed by atoms with van der Waals surface area (Å²) in [5.74, 6) is 0.647. The first-order valence-corrected chi connectivity index (χ1v) is 8.62. The van der Waals surface area contributed by atoms with Gasteiger partial charge in [0.2, 0.25) is 11.8 Å². The summed E-state index contributed by atoms with van der Waals surface area (Å²) in [5.41, 5.74) is 3.55. The quantitative estimate of drug-likeness (QED) is 0.637. The lowest BCUT2D eigenvalue weighted by atomic mass is 10.1. The average Bonchev–Trinajstić information content (AvgIpc) is 3.02. The SMILES string of the molecule is CC(=O)Nc1cccc(C(C)NC(=O)CCc2nc3ccccc3[nH]2)c1. The average molecular weight is 350 g/mol. The van der Waals surface area contributed by atoms with Crippen LogP contribution < -0.4 is 10.6 Å². The lowest BCUT2D eigenvalue weighted by molar-refractivity contribution is -0.121. The number of aromatic nitrogens is 2. The molecule has 0 fully saturated rings. The van der Waals surface area contributed by atoms with E-state index in [4.69, 9.17) is 0 Å². The van der Waals surface area contributed by atoms with Crippen LogP contribution in [-0.2, 0) is 16.0 Å². The predicted molar refractivity (Wildman–Crippen MR) is 102 cm³/mol. The molecular weight excluding hydrogens is 328 g/mol. The molecule has 0 aliphatic rings. The van der Waals surface area contributed by atoms with Crippen molar-refractivity contribution in [1.82, 2.24) is 15.3 Å². The van der Waals surface area contributed by atoms with Crippen molar-refractivity contribution < 1.29 is 9.59 Å². The summed E-state index contributed by atoms with van der Waals surface area (Å²) >= 11 is 0. The second kappa shape index (κ2) is 7.82. The van der Waals surface area contributed by atoms with Gasteiger partial charge >= 0.3 is 0 Å².